The van der Waals surface area contributed by atoms with Gasteiger partial charge in [0.15, 0.2) is 0 Å². The van der Waals surface area contributed by atoms with Crippen molar-refractivity contribution in [3.63, 3.8) is 0 Å². The molecular formula is C26H30N6O2. The normalized spacial score (nSPS) is 17.2. The predicted octanol–water partition coefficient (Wildman–Crippen LogP) is 3.89. The van der Waals surface area contributed by atoms with Gasteiger partial charge in [-0.2, -0.15) is 0 Å². The Kier molecular flexibility index (Phi) is 5.69. The van der Waals surface area contributed by atoms with E-state index in [9.17, 15) is 9.90 Å². The van der Waals surface area contributed by atoms with Gasteiger partial charge in [-0.3, -0.25) is 4.79 Å². The lowest BCUT2D eigenvalue weighted by Crippen LogP contribution is -2.40. The van der Waals surface area contributed by atoms with E-state index < -0.39 is 0 Å². The van der Waals surface area contributed by atoms with E-state index in [1.807, 2.05) is 42.3 Å². The van der Waals surface area contributed by atoms with Crippen molar-refractivity contribution in [2.45, 2.75) is 45.1 Å². The Morgan fingerprint density at radius 1 is 1.18 bits per heavy atom. The lowest BCUT2D eigenvalue weighted by molar-refractivity contribution is 0.0546. The Balaban J connectivity index is 1.34. The Bertz CT molecular complexity index is 1230. The number of anilines is 3. The van der Waals surface area contributed by atoms with Crippen molar-refractivity contribution in [3.8, 4) is 11.3 Å². The van der Waals surface area contributed by atoms with E-state index >= 15 is 0 Å². The van der Waals surface area contributed by atoms with Gasteiger partial charge in [0, 0.05) is 59.8 Å². The molecule has 34 heavy (non-hydrogen) atoms. The number of amides is 1. The van der Waals surface area contributed by atoms with Gasteiger partial charge in [-0.15, -0.1) is 0 Å². The van der Waals surface area contributed by atoms with Crippen LogP contribution < -0.4 is 10.6 Å². The molecule has 0 bridgehead atoms. The van der Waals surface area contributed by atoms with E-state index in [4.69, 9.17) is 4.98 Å². The van der Waals surface area contributed by atoms with E-state index in [-0.39, 0.29) is 17.4 Å². The Hall–Kier alpha value is -3.52. The van der Waals surface area contributed by atoms with Gasteiger partial charge in [0.1, 0.15) is 5.82 Å². The predicted molar refractivity (Wildman–Crippen MR) is 132 cm³/mol. The average molecular weight is 459 g/mol. The molecule has 0 atom stereocenters. The van der Waals surface area contributed by atoms with Crippen molar-refractivity contribution >= 4 is 23.4 Å². The molecule has 8 nitrogen and oxygen atoms in total. The molecule has 4 heterocycles. The zero-order valence-electron chi connectivity index (χ0n) is 19.8. The van der Waals surface area contributed by atoms with E-state index in [1.54, 1.807) is 6.20 Å². The van der Waals surface area contributed by atoms with Crippen molar-refractivity contribution < 1.29 is 9.90 Å². The number of fused-ring (bicyclic) bond motifs is 1. The van der Waals surface area contributed by atoms with E-state index in [2.05, 4.69) is 40.5 Å². The van der Waals surface area contributed by atoms with Crippen LogP contribution in [0.15, 0.2) is 42.7 Å². The smallest absolute Gasteiger partial charge is 0.253 e. The summed E-state index contributed by atoms with van der Waals surface area (Å²) < 4.78 is 0. The van der Waals surface area contributed by atoms with Gasteiger partial charge in [-0.1, -0.05) is 13.8 Å². The summed E-state index contributed by atoms with van der Waals surface area (Å²) in [7, 11) is 0. The number of hydrogen-bond acceptors (Lipinski definition) is 7. The number of pyridine rings is 1. The zero-order chi connectivity index (χ0) is 23.9. The van der Waals surface area contributed by atoms with Crippen LogP contribution in [-0.4, -0.2) is 56.6 Å². The minimum Gasteiger partial charge on any atom is -0.393 e. The third kappa shape index (κ3) is 4.33. The van der Waals surface area contributed by atoms with Crippen LogP contribution in [0, 0.1) is 6.92 Å². The Morgan fingerprint density at radius 2 is 1.97 bits per heavy atom. The van der Waals surface area contributed by atoms with E-state index in [1.165, 1.54) is 5.56 Å². The number of rotatable bonds is 4. The second kappa shape index (κ2) is 8.68. The maximum absolute atomic E-state index is 12.8. The number of nitrogens with one attached hydrogen (secondary N) is 2. The van der Waals surface area contributed by atoms with Crippen molar-refractivity contribution in [1.82, 2.24) is 19.9 Å². The maximum Gasteiger partial charge on any atom is 0.253 e. The third-order valence-electron chi connectivity index (χ3n) is 6.74. The fourth-order valence-corrected chi connectivity index (χ4v) is 4.55. The number of likely N-dealkylation sites (tertiary alicyclic amines) is 1. The van der Waals surface area contributed by atoms with Crippen LogP contribution in [0.25, 0.3) is 11.3 Å². The highest BCUT2D eigenvalue weighted by Gasteiger charge is 2.31. The fraction of sp³-hybridized carbons (Fsp3) is 0.385. The Labute approximate surface area is 199 Å². The molecule has 176 valence electrons. The molecule has 1 amide bonds. The molecule has 0 radical (unpaired) electrons. The minimum atomic E-state index is -0.302. The Morgan fingerprint density at radius 3 is 2.74 bits per heavy atom. The number of aromatic nitrogens is 3. The first kappa shape index (κ1) is 22.3. The molecule has 0 unspecified atom stereocenters. The third-order valence-corrected chi connectivity index (χ3v) is 6.74. The number of aliphatic hydroxyl groups excluding tert-OH is 1. The number of piperidine rings is 1. The molecule has 1 aromatic carbocycles. The largest absolute Gasteiger partial charge is 0.393 e. The SMILES string of the molecule is Cc1cc(C(=O)N2CCC(O)CC2)ccc1Nc1nccc(-c2cnc3c(c2)C(C)(C)CN3)n1. The molecule has 3 aromatic rings. The van der Waals surface area contributed by atoms with Crippen molar-refractivity contribution in [3.05, 3.63) is 59.4 Å². The van der Waals surface area contributed by atoms with Gasteiger partial charge >= 0.3 is 0 Å². The standard InChI is InChI=1S/C26H30N6O2/c1-16-12-17(24(34)32-10-7-19(33)8-11-32)4-5-21(16)30-25-27-9-6-22(31-25)18-13-20-23(28-14-18)29-15-26(20,2)3/h4-6,9,12-14,19,33H,7-8,10-11,15H2,1-3H3,(H,28,29)(H,27,30,31). The summed E-state index contributed by atoms with van der Waals surface area (Å²) in [6, 6.07) is 9.64. The summed E-state index contributed by atoms with van der Waals surface area (Å²) in [5.41, 5.74) is 5.39. The van der Waals surface area contributed by atoms with Crippen molar-refractivity contribution in [2.24, 2.45) is 0 Å². The molecule has 3 N–H and O–H groups in total. The van der Waals surface area contributed by atoms with E-state index in [0.717, 1.165) is 34.9 Å². The van der Waals surface area contributed by atoms with Crippen LogP contribution in [0.3, 0.4) is 0 Å². The molecular weight excluding hydrogens is 428 g/mol. The molecule has 2 aliphatic heterocycles. The maximum atomic E-state index is 12.8. The van der Waals surface area contributed by atoms with Gasteiger partial charge in [0.25, 0.3) is 5.91 Å². The molecule has 0 spiro atoms. The molecule has 1 saturated heterocycles. The number of nitrogens with zero attached hydrogens (tertiary/aromatic N) is 4. The first-order valence-electron chi connectivity index (χ1n) is 11.7. The van der Waals surface area contributed by atoms with Gasteiger partial charge < -0.3 is 20.6 Å². The number of carbonyl (C=O) groups excluding carboxylic acids is 1. The second-order valence-electron chi connectivity index (χ2n) is 9.80. The molecule has 8 heteroatoms. The summed E-state index contributed by atoms with van der Waals surface area (Å²) in [6.45, 7) is 8.41. The van der Waals surface area contributed by atoms with Crippen LogP contribution in [0.5, 0.6) is 0 Å². The number of aliphatic hydroxyl groups is 1. The molecule has 2 aliphatic rings. The second-order valence-corrected chi connectivity index (χ2v) is 9.80. The molecule has 5 rings (SSSR count). The summed E-state index contributed by atoms with van der Waals surface area (Å²) in [5, 5.41) is 16.3. The first-order chi connectivity index (χ1) is 16.3. The fourth-order valence-electron chi connectivity index (χ4n) is 4.55. The van der Waals surface area contributed by atoms with Crippen LogP contribution in [-0.2, 0) is 5.41 Å². The van der Waals surface area contributed by atoms with E-state index in [0.29, 0.717) is 37.4 Å². The van der Waals surface area contributed by atoms with Crippen LogP contribution >= 0.6 is 0 Å². The molecule has 1 fully saturated rings. The van der Waals surface area contributed by atoms with Crippen LogP contribution in [0.4, 0.5) is 17.5 Å². The average Bonchev–Trinajstić information content (AvgIpc) is 3.14. The molecule has 0 saturated carbocycles. The lowest BCUT2D eigenvalue weighted by atomic mass is 9.87. The van der Waals surface area contributed by atoms with Crippen molar-refractivity contribution in [1.29, 1.82) is 0 Å². The van der Waals surface area contributed by atoms with Crippen molar-refractivity contribution in [2.75, 3.05) is 30.3 Å². The topological polar surface area (TPSA) is 103 Å². The van der Waals surface area contributed by atoms with Gasteiger partial charge in [-0.05, 0) is 55.7 Å². The number of hydrogen-bond donors (Lipinski definition) is 3. The highest BCUT2D eigenvalue weighted by molar-refractivity contribution is 5.95. The van der Waals surface area contributed by atoms with Gasteiger partial charge in [0.2, 0.25) is 5.95 Å². The zero-order valence-corrected chi connectivity index (χ0v) is 19.8. The lowest BCUT2D eigenvalue weighted by Gasteiger charge is -2.29. The number of benzene rings is 1. The quantitative estimate of drug-likeness (QED) is 0.545. The highest BCUT2D eigenvalue weighted by Crippen LogP contribution is 2.36. The number of aryl methyl sites for hydroxylation is 1. The summed E-state index contributed by atoms with van der Waals surface area (Å²) in [6.07, 6.45) is 4.53. The molecule has 0 aliphatic carbocycles. The summed E-state index contributed by atoms with van der Waals surface area (Å²) >= 11 is 0. The highest BCUT2D eigenvalue weighted by atomic mass is 16.3. The van der Waals surface area contributed by atoms with Gasteiger partial charge in [0.05, 0.1) is 11.8 Å². The molecule has 2 aromatic heterocycles. The summed E-state index contributed by atoms with van der Waals surface area (Å²) in [5.74, 6) is 1.43. The van der Waals surface area contributed by atoms with Crippen LogP contribution in [0.1, 0.15) is 48.2 Å². The summed E-state index contributed by atoms with van der Waals surface area (Å²) in [4.78, 5) is 28.3. The minimum absolute atomic E-state index is 0.00122. The van der Waals surface area contributed by atoms with Crippen LogP contribution in [0.2, 0.25) is 0 Å². The first-order valence-corrected chi connectivity index (χ1v) is 11.7. The monoisotopic (exact) mass is 458 g/mol. The number of carbonyl (C=O) groups is 1. The van der Waals surface area contributed by atoms with Gasteiger partial charge in [-0.25, -0.2) is 15.0 Å².